The van der Waals surface area contributed by atoms with Crippen LogP contribution in [0.25, 0.3) is 0 Å². The largest absolute Gasteiger partial charge is 0.383 e. The van der Waals surface area contributed by atoms with E-state index in [-0.39, 0.29) is 0 Å². The molecule has 0 amide bonds. The molecule has 1 aromatic heterocycles. The van der Waals surface area contributed by atoms with Crippen LogP contribution in [-0.2, 0) is 10.5 Å². The summed E-state index contributed by atoms with van der Waals surface area (Å²) in [6.07, 6.45) is 0. The zero-order valence-electron chi connectivity index (χ0n) is 11.9. The van der Waals surface area contributed by atoms with E-state index < -0.39 is 0 Å². The third-order valence-corrected chi connectivity index (χ3v) is 5.86. The first-order valence-electron chi connectivity index (χ1n) is 6.69. The summed E-state index contributed by atoms with van der Waals surface area (Å²) in [6, 6.07) is 10.6. The van der Waals surface area contributed by atoms with Gasteiger partial charge in [-0.05, 0) is 5.56 Å². The lowest BCUT2D eigenvalue weighted by Gasteiger charge is -2.00. The summed E-state index contributed by atoms with van der Waals surface area (Å²) in [5.41, 5.74) is 1.38. The van der Waals surface area contributed by atoms with Crippen molar-refractivity contribution in [3.8, 4) is 0 Å². The van der Waals surface area contributed by atoms with Crippen LogP contribution in [-0.4, -0.2) is 42.0 Å². The minimum atomic E-state index is 0.679. The fourth-order valence-corrected chi connectivity index (χ4v) is 4.43. The number of hydrogen-bond acceptors (Lipinski definition) is 7. The maximum atomic E-state index is 4.98. The summed E-state index contributed by atoms with van der Waals surface area (Å²) >= 11 is 5.32. The molecule has 0 spiro atoms. The summed E-state index contributed by atoms with van der Waals surface area (Å²) in [6.45, 7) is 1.45. The van der Waals surface area contributed by atoms with Gasteiger partial charge in [0.25, 0.3) is 0 Å². The van der Waals surface area contributed by atoms with Gasteiger partial charge in [-0.1, -0.05) is 53.4 Å². The van der Waals surface area contributed by atoms with E-state index in [1.54, 1.807) is 30.2 Å². The van der Waals surface area contributed by atoms with E-state index in [1.165, 1.54) is 5.56 Å². The fraction of sp³-hybridized carbons (Fsp3) is 0.429. The molecular formula is C14H19N3OS3. The third-order valence-electron chi connectivity index (χ3n) is 2.55. The van der Waals surface area contributed by atoms with E-state index in [4.69, 9.17) is 4.74 Å². The van der Waals surface area contributed by atoms with E-state index in [0.717, 1.165) is 33.3 Å². The Kier molecular flexibility index (Phi) is 7.95. The minimum Gasteiger partial charge on any atom is -0.383 e. The summed E-state index contributed by atoms with van der Waals surface area (Å²) in [7, 11) is 1.69. The second-order valence-corrected chi connectivity index (χ2v) is 7.60. The molecule has 4 nitrogen and oxygen atoms in total. The van der Waals surface area contributed by atoms with Crippen LogP contribution in [0.15, 0.2) is 34.7 Å². The average molecular weight is 342 g/mol. The second-order valence-electron chi connectivity index (χ2n) is 4.18. The SMILES string of the molecule is COCCNc1nnc(SCCSCc2ccccc2)s1. The number of nitrogens with zero attached hydrogens (tertiary/aromatic N) is 2. The van der Waals surface area contributed by atoms with Crippen molar-refractivity contribution in [3.63, 3.8) is 0 Å². The van der Waals surface area contributed by atoms with Crippen LogP contribution in [0.4, 0.5) is 5.13 Å². The monoisotopic (exact) mass is 341 g/mol. The molecule has 1 aromatic carbocycles. The van der Waals surface area contributed by atoms with Crippen molar-refractivity contribution in [1.82, 2.24) is 10.2 Å². The van der Waals surface area contributed by atoms with Crippen LogP contribution in [0.1, 0.15) is 5.56 Å². The predicted octanol–water partition coefficient (Wildman–Crippen LogP) is 3.62. The molecule has 0 aliphatic heterocycles. The number of nitrogens with one attached hydrogen (secondary N) is 1. The highest BCUT2D eigenvalue weighted by Crippen LogP contribution is 2.26. The molecule has 0 saturated carbocycles. The Morgan fingerprint density at radius 1 is 1.19 bits per heavy atom. The van der Waals surface area contributed by atoms with Crippen LogP contribution in [0.3, 0.4) is 0 Å². The van der Waals surface area contributed by atoms with Gasteiger partial charge in [-0.15, -0.1) is 10.2 Å². The second kappa shape index (κ2) is 10.0. The minimum absolute atomic E-state index is 0.679. The summed E-state index contributed by atoms with van der Waals surface area (Å²) in [5.74, 6) is 3.25. The molecular weight excluding hydrogens is 322 g/mol. The van der Waals surface area contributed by atoms with Gasteiger partial charge in [-0.25, -0.2) is 0 Å². The molecule has 1 N–H and O–H groups in total. The molecule has 0 unspecified atom stereocenters. The Morgan fingerprint density at radius 3 is 2.86 bits per heavy atom. The van der Waals surface area contributed by atoms with Gasteiger partial charge in [0.2, 0.25) is 5.13 Å². The highest BCUT2D eigenvalue weighted by molar-refractivity contribution is 8.03. The third kappa shape index (κ3) is 6.69. The van der Waals surface area contributed by atoms with Gasteiger partial charge in [-0.2, -0.15) is 11.8 Å². The molecule has 2 rings (SSSR count). The smallest absolute Gasteiger partial charge is 0.206 e. The fourth-order valence-electron chi connectivity index (χ4n) is 1.55. The first-order chi connectivity index (χ1) is 10.4. The van der Waals surface area contributed by atoms with Crippen molar-refractivity contribution in [2.24, 2.45) is 0 Å². The molecule has 0 aliphatic rings. The average Bonchev–Trinajstić information content (AvgIpc) is 2.96. The molecule has 21 heavy (non-hydrogen) atoms. The zero-order chi connectivity index (χ0) is 14.8. The maximum Gasteiger partial charge on any atom is 0.206 e. The highest BCUT2D eigenvalue weighted by Gasteiger charge is 2.04. The number of rotatable bonds is 10. The number of methoxy groups -OCH3 is 1. The van der Waals surface area contributed by atoms with Crippen molar-refractivity contribution in [2.45, 2.75) is 10.1 Å². The quantitative estimate of drug-likeness (QED) is 0.526. The maximum absolute atomic E-state index is 4.98. The molecule has 0 atom stereocenters. The van der Waals surface area contributed by atoms with Crippen molar-refractivity contribution in [3.05, 3.63) is 35.9 Å². The molecule has 114 valence electrons. The topological polar surface area (TPSA) is 47.0 Å². The van der Waals surface area contributed by atoms with Crippen LogP contribution in [0.5, 0.6) is 0 Å². The number of anilines is 1. The van der Waals surface area contributed by atoms with Gasteiger partial charge in [-0.3, -0.25) is 0 Å². The molecule has 0 bridgehead atoms. The molecule has 7 heteroatoms. The van der Waals surface area contributed by atoms with Crippen molar-refractivity contribution in [2.75, 3.05) is 37.1 Å². The standard InChI is InChI=1S/C14H19N3OS3/c1-18-8-7-15-13-16-17-14(21-13)20-10-9-19-11-12-5-3-2-4-6-12/h2-6H,7-11H2,1H3,(H,15,16). The molecule has 0 radical (unpaired) electrons. The van der Waals surface area contributed by atoms with Crippen molar-refractivity contribution < 1.29 is 4.74 Å². The lowest BCUT2D eigenvalue weighted by molar-refractivity contribution is 0.211. The number of thioether (sulfide) groups is 2. The summed E-state index contributed by atoms with van der Waals surface area (Å²) < 4.78 is 6.01. The molecule has 2 aromatic rings. The number of aromatic nitrogens is 2. The predicted molar refractivity (Wildman–Crippen MR) is 93.6 cm³/mol. The first kappa shape index (κ1) is 16.6. The first-order valence-corrected chi connectivity index (χ1v) is 9.65. The van der Waals surface area contributed by atoms with Gasteiger partial charge >= 0.3 is 0 Å². The van der Waals surface area contributed by atoms with E-state index in [2.05, 4.69) is 45.8 Å². The Labute approximate surface area is 138 Å². The summed E-state index contributed by atoms with van der Waals surface area (Å²) in [4.78, 5) is 0. The van der Waals surface area contributed by atoms with E-state index in [1.807, 2.05) is 11.8 Å². The summed E-state index contributed by atoms with van der Waals surface area (Å²) in [5, 5.41) is 12.3. The molecule has 0 aliphatic carbocycles. The van der Waals surface area contributed by atoms with Crippen LogP contribution < -0.4 is 5.32 Å². The van der Waals surface area contributed by atoms with Crippen molar-refractivity contribution in [1.29, 1.82) is 0 Å². The Hall–Kier alpha value is -0.760. The molecule has 0 fully saturated rings. The van der Waals surface area contributed by atoms with Crippen LogP contribution in [0, 0.1) is 0 Å². The van der Waals surface area contributed by atoms with Gasteiger partial charge < -0.3 is 10.1 Å². The Bertz CT molecular complexity index is 507. The van der Waals surface area contributed by atoms with Gasteiger partial charge in [0.15, 0.2) is 4.34 Å². The van der Waals surface area contributed by atoms with Gasteiger partial charge in [0.1, 0.15) is 0 Å². The van der Waals surface area contributed by atoms with Crippen LogP contribution in [0.2, 0.25) is 0 Å². The number of benzene rings is 1. The lowest BCUT2D eigenvalue weighted by atomic mass is 10.2. The van der Waals surface area contributed by atoms with E-state index >= 15 is 0 Å². The van der Waals surface area contributed by atoms with E-state index in [0.29, 0.717) is 6.61 Å². The van der Waals surface area contributed by atoms with Gasteiger partial charge in [0.05, 0.1) is 6.61 Å². The van der Waals surface area contributed by atoms with Crippen molar-refractivity contribution >= 4 is 40.0 Å². The lowest BCUT2D eigenvalue weighted by Crippen LogP contribution is -2.06. The number of ether oxygens (including phenoxy) is 1. The Balaban J connectivity index is 1.58. The Morgan fingerprint density at radius 2 is 2.05 bits per heavy atom. The van der Waals surface area contributed by atoms with Crippen LogP contribution >= 0.6 is 34.9 Å². The van der Waals surface area contributed by atoms with Gasteiger partial charge in [0, 0.05) is 30.9 Å². The molecule has 1 heterocycles. The number of hydrogen-bond donors (Lipinski definition) is 1. The highest BCUT2D eigenvalue weighted by atomic mass is 32.2. The normalized spacial score (nSPS) is 10.7. The molecule has 0 saturated heterocycles. The van der Waals surface area contributed by atoms with E-state index in [9.17, 15) is 0 Å². The zero-order valence-corrected chi connectivity index (χ0v) is 14.4.